The average molecular weight is 272 g/mol. The monoisotopic (exact) mass is 271 g/mol. The molecule has 82 valence electrons. The minimum Gasteiger partial charge on any atom is -0.481 e. The molecule has 1 aromatic carbocycles. The van der Waals surface area contributed by atoms with Gasteiger partial charge in [-0.15, -0.1) is 0 Å². The van der Waals surface area contributed by atoms with Gasteiger partial charge in [0.05, 0.1) is 6.42 Å². The maximum Gasteiger partial charge on any atom is 0.304 e. The molecule has 3 N–H and O–H groups in total. The van der Waals surface area contributed by atoms with E-state index in [0.29, 0.717) is 6.42 Å². The van der Waals surface area contributed by atoms with Gasteiger partial charge in [0.15, 0.2) is 0 Å². The van der Waals surface area contributed by atoms with E-state index in [1.54, 1.807) is 0 Å². The first kappa shape index (κ1) is 12.2. The summed E-state index contributed by atoms with van der Waals surface area (Å²) >= 11 is 3.38. The Morgan fingerprint density at radius 3 is 2.87 bits per heavy atom. The predicted octanol–water partition coefficient (Wildman–Crippen LogP) is 2.18. The van der Waals surface area contributed by atoms with Crippen LogP contribution < -0.4 is 5.73 Å². The van der Waals surface area contributed by atoms with Crippen LogP contribution in [-0.2, 0) is 11.2 Å². The molecular weight excluding hydrogens is 258 g/mol. The highest BCUT2D eigenvalue weighted by Gasteiger charge is 2.07. The van der Waals surface area contributed by atoms with Crippen LogP contribution in [0, 0.1) is 0 Å². The Morgan fingerprint density at radius 1 is 1.53 bits per heavy atom. The topological polar surface area (TPSA) is 63.3 Å². The van der Waals surface area contributed by atoms with Gasteiger partial charge in [0.25, 0.3) is 0 Å². The maximum absolute atomic E-state index is 10.4. The molecule has 4 heteroatoms. The summed E-state index contributed by atoms with van der Waals surface area (Å²) in [7, 11) is 0. The van der Waals surface area contributed by atoms with Crippen molar-refractivity contribution in [2.24, 2.45) is 5.73 Å². The third-order valence-electron chi connectivity index (χ3n) is 2.13. The molecule has 1 unspecified atom stereocenters. The minimum absolute atomic E-state index is 0.0357. The molecule has 0 spiro atoms. The van der Waals surface area contributed by atoms with Crippen molar-refractivity contribution in [2.45, 2.75) is 25.3 Å². The van der Waals surface area contributed by atoms with E-state index >= 15 is 0 Å². The largest absolute Gasteiger partial charge is 0.481 e. The van der Waals surface area contributed by atoms with Gasteiger partial charge in [0, 0.05) is 10.5 Å². The molecule has 1 aromatic rings. The first-order valence-electron chi connectivity index (χ1n) is 4.80. The molecule has 0 bridgehead atoms. The smallest absolute Gasteiger partial charge is 0.304 e. The number of aryl methyl sites for hydroxylation is 1. The quantitative estimate of drug-likeness (QED) is 0.863. The molecule has 0 aliphatic carbocycles. The fourth-order valence-electron chi connectivity index (χ4n) is 1.37. The van der Waals surface area contributed by atoms with E-state index in [4.69, 9.17) is 10.8 Å². The second kappa shape index (κ2) is 5.88. The van der Waals surface area contributed by atoms with Crippen LogP contribution in [0.2, 0.25) is 0 Å². The Hall–Kier alpha value is -0.870. The molecule has 0 radical (unpaired) electrons. The van der Waals surface area contributed by atoms with Crippen molar-refractivity contribution >= 4 is 21.9 Å². The van der Waals surface area contributed by atoms with Crippen molar-refractivity contribution in [3.63, 3.8) is 0 Å². The molecule has 15 heavy (non-hydrogen) atoms. The maximum atomic E-state index is 10.4. The number of hydrogen-bond donors (Lipinski definition) is 2. The van der Waals surface area contributed by atoms with E-state index in [1.807, 2.05) is 24.3 Å². The van der Waals surface area contributed by atoms with Crippen molar-refractivity contribution in [3.05, 3.63) is 34.3 Å². The number of rotatable bonds is 5. The molecule has 3 nitrogen and oxygen atoms in total. The fraction of sp³-hybridized carbons (Fsp3) is 0.364. The summed E-state index contributed by atoms with van der Waals surface area (Å²) in [5, 5.41) is 8.54. The molecule has 0 saturated carbocycles. The third kappa shape index (κ3) is 4.95. The van der Waals surface area contributed by atoms with Crippen LogP contribution >= 0.6 is 15.9 Å². The van der Waals surface area contributed by atoms with Crippen LogP contribution in [0.3, 0.4) is 0 Å². The summed E-state index contributed by atoms with van der Waals surface area (Å²) in [5.41, 5.74) is 6.84. The van der Waals surface area contributed by atoms with Crippen molar-refractivity contribution in [1.82, 2.24) is 0 Å². The number of hydrogen-bond acceptors (Lipinski definition) is 2. The fourth-order valence-corrected chi connectivity index (χ4v) is 1.82. The number of halogens is 1. The lowest BCUT2D eigenvalue weighted by Crippen LogP contribution is -2.24. The molecule has 0 fully saturated rings. The van der Waals surface area contributed by atoms with Crippen molar-refractivity contribution in [1.29, 1.82) is 0 Å². The van der Waals surface area contributed by atoms with E-state index < -0.39 is 5.97 Å². The molecular formula is C11H14BrNO2. The molecule has 0 saturated heterocycles. The van der Waals surface area contributed by atoms with Crippen molar-refractivity contribution in [2.75, 3.05) is 0 Å². The van der Waals surface area contributed by atoms with Gasteiger partial charge in [-0.3, -0.25) is 4.79 Å². The first-order chi connectivity index (χ1) is 7.08. The Labute approximate surface area is 97.4 Å². The lowest BCUT2D eigenvalue weighted by molar-refractivity contribution is -0.137. The van der Waals surface area contributed by atoms with E-state index in [-0.39, 0.29) is 12.5 Å². The van der Waals surface area contributed by atoms with Crippen LogP contribution in [0.25, 0.3) is 0 Å². The van der Waals surface area contributed by atoms with Gasteiger partial charge < -0.3 is 10.8 Å². The van der Waals surface area contributed by atoms with Crippen LogP contribution in [0.5, 0.6) is 0 Å². The van der Waals surface area contributed by atoms with E-state index in [0.717, 1.165) is 10.9 Å². The van der Waals surface area contributed by atoms with Crippen molar-refractivity contribution in [3.8, 4) is 0 Å². The summed E-state index contributed by atoms with van der Waals surface area (Å²) < 4.78 is 1.03. The van der Waals surface area contributed by atoms with Gasteiger partial charge in [-0.2, -0.15) is 0 Å². The number of carboxylic acids is 1. The third-order valence-corrected chi connectivity index (χ3v) is 2.62. The zero-order chi connectivity index (χ0) is 11.3. The molecule has 0 aliphatic heterocycles. The van der Waals surface area contributed by atoms with Crippen molar-refractivity contribution < 1.29 is 9.90 Å². The van der Waals surface area contributed by atoms with Gasteiger partial charge in [0.2, 0.25) is 0 Å². The Balaban J connectivity index is 2.40. The number of nitrogens with two attached hydrogens (primary N) is 1. The van der Waals surface area contributed by atoms with Gasteiger partial charge in [-0.05, 0) is 30.5 Å². The number of benzene rings is 1. The molecule has 0 aliphatic rings. The average Bonchev–Trinajstić information content (AvgIpc) is 2.14. The second-order valence-electron chi connectivity index (χ2n) is 3.53. The lowest BCUT2D eigenvalue weighted by Gasteiger charge is -2.08. The second-order valence-corrected chi connectivity index (χ2v) is 4.44. The molecule has 1 atom stereocenters. The Bertz CT molecular complexity index is 341. The van der Waals surface area contributed by atoms with Gasteiger partial charge >= 0.3 is 5.97 Å². The van der Waals surface area contributed by atoms with Crippen LogP contribution in [-0.4, -0.2) is 17.1 Å². The normalized spacial score (nSPS) is 12.4. The molecule has 0 amide bonds. The predicted molar refractivity (Wildman–Crippen MR) is 62.7 cm³/mol. The summed E-state index contributed by atoms with van der Waals surface area (Å²) in [5.74, 6) is -0.836. The summed E-state index contributed by atoms with van der Waals surface area (Å²) in [4.78, 5) is 10.4. The first-order valence-corrected chi connectivity index (χ1v) is 5.59. The molecule has 0 heterocycles. The van der Waals surface area contributed by atoms with Gasteiger partial charge in [-0.25, -0.2) is 0 Å². The number of carboxylic acid groups (broad SMARTS) is 1. The zero-order valence-corrected chi connectivity index (χ0v) is 9.90. The SMILES string of the molecule is NC(CCc1cccc(Br)c1)CC(=O)O. The highest BCUT2D eigenvalue weighted by molar-refractivity contribution is 9.10. The van der Waals surface area contributed by atoms with Crippen LogP contribution in [0.15, 0.2) is 28.7 Å². The lowest BCUT2D eigenvalue weighted by atomic mass is 10.0. The Kier molecular flexibility index (Phi) is 4.78. The number of aliphatic carboxylic acids is 1. The van der Waals surface area contributed by atoms with E-state index in [2.05, 4.69) is 15.9 Å². The highest BCUT2D eigenvalue weighted by Crippen LogP contribution is 2.13. The standard InChI is InChI=1S/C11H14BrNO2/c12-9-3-1-2-8(6-9)4-5-10(13)7-11(14)15/h1-3,6,10H,4-5,7,13H2,(H,14,15). The van der Waals surface area contributed by atoms with Gasteiger partial charge in [0.1, 0.15) is 0 Å². The van der Waals surface area contributed by atoms with Gasteiger partial charge in [-0.1, -0.05) is 28.1 Å². The molecule has 0 aromatic heterocycles. The zero-order valence-electron chi connectivity index (χ0n) is 8.32. The van der Waals surface area contributed by atoms with Crippen LogP contribution in [0.4, 0.5) is 0 Å². The number of carbonyl (C=O) groups is 1. The van der Waals surface area contributed by atoms with Crippen LogP contribution in [0.1, 0.15) is 18.4 Å². The van der Waals surface area contributed by atoms with E-state index in [9.17, 15) is 4.79 Å². The Morgan fingerprint density at radius 2 is 2.27 bits per heavy atom. The summed E-state index contributed by atoms with van der Waals surface area (Å²) in [6, 6.07) is 7.69. The minimum atomic E-state index is -0.836. The summed E-state index contributed by atoms with van der Waals surface area (Å²) in [6.07, 6.45) is 1.55. The molecule has 1 rings (SSSR count). The highest BCUT2D eigenvalue weighted by atomic mass is 79.9. The summed E-state index contributed by atoms with van der Waals surface area (Å²) in [6.45, 7) is 0. The van der Waals surface area contributed by atoms with E-state index in [1.165, 1.54) is 5.56 Å².